The molecule has 0 aromatic heterocycles. The largest absolute Gasteiger partial charge is 0.329 e. The Hall–Kier alpha value is -0.160. The molecule has 0 atom stereocenters. The summed E-state index contributed by atoms with van der Waals surface area (Å²) >= 11 is 0. The van der Waals surface area contributed by atoms with Crippen molar-refractivity contribution in [1.82, 2.24) is 16.0 Å². The van der Waals surface area contributed by atoms with Crippen LogP contribution in [0.2, 0.25) is 0 Å². The summed E-state index contributed by atoms with van der Waals surface area (Å²) in [6.07, 6.45) is 1.17. The van der Waals surface area contributed by atoms with Crippen LogP contribution in [0.25, 0.3) is 0 Å². The number of hydrogen-bond donors (Lipinski definition) is 4. The SMILES string of the molecule is CNCCNCCCNCCN.[HH].[HH]. The molecule has 4 nitrogen and oxygen atoms in total. The molecule has 0 unspecified atom stereocenters. The molecule has 4 heteroatoms. The Balaban J connectivity index is -0.000000605. The number of nitrogens with two attached hydrogens (primary N) is 1. The van der Waals surface area contributed by atoms with Gasteiger partial charge in [-0.15, -0.1) is 0 Å². The van der Waals surface area contributed by atoms with Crippen molar-refractivity contribution in [1.29, 1.82) is 0 Å². The standard InChI is InChI=1S/C8H22N4.2H2/c1-10-7-8-12-5-2-4-11-6-3-9;;/h10-12H,2-9H2,1H3;2*1H. The minimum Gasteiger partial charge on any atom is -0.329 e. The van der Waals surface area contributed by atoms with Gasteiger partial charge < -0.3 is 21.7 Å². The van der Waals surface area contributed by atoms with Gasteiger partial charge in [-0.1, -0.05) is 0 Å². The first kappa shape index (κ1) is 11.8. The van der Waals surface area contributed by atoms with Crippen molar-refractivity contribution in [2.24, 2.45) is 5.73 Å². The molecule has 0 fully saturated rings. The molecule has 78 valence electrons. The predicted molar refractivity (Wildman–Crippen MR) is 57.6 cm³/mol. The first-order valence-electron chi connectivity index (χ1n) is 4.68. The van der Waals surface area contributed by atoms with E-state index in [1.165, 1.54) is 6.42 Å². The molecule has 0 radical (unpaired) electrons. The van der Waals surface area contributed by atoms with Gasteiger partial charge in [0.25, 0.3) is 0 Å². The summed E-state index contributed by atoms with van der Waals surface area (Å²) in [6, 6.07) is 0. The second-order valence-electron chi connectivity index (χ2n) is 2.75. The highest BCUT2D eigenvalue weighted by atomic mass is 14.9. The van der Waals surface area contributed by atoms with E-state index in [4.69, 9.17) is 5.73 Å². The van der Waals surface area contributed by atoms with Crippen LogP contribution in [0.3, 0.4) is 0 Å². The summed E-state index contributed by atoms with van der Waals surface area (Å²) < 4.78 is 0. The van der Waals surface area contributed by atoms with Crippen molar-refractivity contribution in [2.45, 2.75) is 6.42 Å². The molecule has 5 N–H and O–H groups in total. The molecule has 0 heterocycles. The van der Waals surface area contributed by atoms with Crippen molar-refractivity contribution in [3.05, 3.63) is 0 Å². The van der Waals surface area contributed by atoms with Gasteiger partial charge in [0.15, 0.2) is 0 Å². The predicted octanol–water partition coefficient (Wildman–Crippen LogP) is -0.774. The van der Waals surface area contributed by atoms with Crippen molar-refractivity contribution in [2.75, 3.05) is 46.3 Å². The van der Waals surface area contributed by atoms with Gasteiger partial charge in [-0.05, 0) is 26.6 Å². The van der Waals surface area contributed by atoms with Gasteiger partial charge in [0.2, 0.25) is 0 Å². The third-order valence-electron chi connectivity index (χ3n) is 1.58. The van der Waals surface area contributed by atoms with E-state index in [1.54, 1.807) is 0 Å². The lowest BCUT2D eigenvalue weighted by Gasteiger charge is -2.04. The van der Waals surface area contributed by atoms with Crippen LogP contribution in [0.1, 0.15) is 9.27 Å². The number of hydrogen-bond acceptors (Lipinski definition) is 4. The van der Waals surface area contributed by atoms with Crippen LogP contribution >= 0.6 is 0 Å². The van der Waals surface area contributed by atoms with E-state index < -0.39 is 0 Å². The Morgan fingerprint density at radius 1 is 1.00 bits per heavy atom. The van der Waals surface area contributed by atoms with E-state index in [9.17, 15) is 0 Å². The van der Waals surface area contributed by atoms with Crippen LogP contribution in [-0.4, -0.2) is 46.3 Å². The Labute approximate surface area is 78.3 Å². The lowest BCUT2D eigenvalue weighted by molar-refractivity contribution is 0.589. The highest BCUT2D eigenvalue weighted by Crippen LogP contribution is 1.71. The molecule has 12 heavy (non-hydrogen) atoms. The van der Waals surface area contributed by atoms with Gasteiger partial charge in [-0.2, -0.15) is 0 Å². The maximum Gasteiger partial charge on any atom is 0.00766 e. The molecule has 0 spiro atoms. The fourth-order valence-corrected chi connectivity index (χ4v) is 0.904. The average molecular weight is 178 g/mol. The van der Waals surface area contributed by atoms with E-state index in [0.29, 0.717) is 0 Å². The second-order valence-corrected chi connectivity index (χ2v) is 2.75. The maximum absolute atomic E-state index is 5.32. The zero-order valence-corrected chi connectivity index (χ0v) is 8.03. The lowest BCUT2D eigenvalue weighted by Crippen LogP contribution is -2.29. The quantitative estimate of drug-likeness (QED) is 0.350. The molecule has 0 saturated carbocycles. The minimum absolute atomic E-state index is 0. The Kier molecular flexibility index (Phi) is 10.7. The van der Waals surface area contributed by atoms with Crippen LogP contribution < -0.4 is 21.7 Å². The molecule has 0 aliphatic rings. The first-order chi connectivity index (χ1) is 5.91. The molecule has 0 bridgehead atoms. The minimum atomic E-state index is 0. The molecule has 0 aliphatic carbocycles. The number of nitrogens with one attached hydrogen (secondary N) is 3. The van der Waals surface area contributed by atoms with Crippen LogP contribution in [0.4, 0.5) is 0 Å². The van der Waals surface area contributed by atoms with Crippen LogP contribution in [0, 0.1) is 0 Å². The normalized spacial score (nSPS) is 10.5. The van der Waals surface area contributed by atoms with E-state index in [-0.39, 0.29) is 2.85 Å². The summed E-state index contributed by atoms with van der Waals surface area (Å²) in [6.45, 7) is 5.89. The lowest BCUT2D eigenvalue weighted by atomic mass is 10.4. The maximum atomic E-state index is 5.32. The van der Waals surface area contributed by atoms with Crippen molar-refractivity contribution in [3.63, 3.8) is 0 Å². The molecule has 0 aliphatic heterocycles. The van der Waals surface area contributed by atoms with Gasteiger partial charge in [-0.3, -0.25) is 0 Å². The fraction of sp³-hybridized carbons (Fsp3) is 1.00. The Morgan fingerprint density at radius 2 is 1.67 bits per heavy atom. The summed E-state index contributed by atoms with van der Waals surface area (Å²) in [5.74, 6) is 0. The average Bonchev–Trinajstić information content (AvgIpc) is 2.10. The smallest absolute Gasteiger partial charge is 0.00766 e. The van der Waals surface area contributed by atoms with Gasteiger partial charge in [-0.25, -0.2) is 0 Å². The van der Waals surface area contributed by atoms with Crippen molar-refractivity contribution < 1.29 is 2.85 Å². The van der Waals surface area contributed by atoms with E-state index >= 15 is 0 Å². The van der Waals surface area contributed by atoms with Crippen LogP contribution in [-0.2, 0) is 0 Å². The van der Waals surface area contributed by atoms with Crippen LogP contribution in [0.15, 0.2) is 0 Å². The zero-order chi connectivity index (χ0) is 9.07. The number of rotatable bonds is 9. The highest BCUT2D eigenvalue weighted by Gasteiger charge is 1.86. The molecule has 0 amide bonds. The highest BCUT2D eigenvalue weighted by molar-refractivity contribution is 4.52. The fourth-order valence-electron chi connectivity index (χ4n) is 0.904. The van der Waals surface area contributed by atoms with Gasteiger partial charge in [0.1, 0.15) is 0 Å². The van der Waals surface area contributed by atoms with E-state index in [0.717, 1.165) is 39.3 Å². The molecular weight excluding hydrogens is 152 g/mol. The van der Waals surface area contributed by atoms with E-state index in [2.05, 4.69) is 16.0 Å². The molecule has 0 aromatic carbocycles. The van der Waals surface area contributed by atoms with Crippen LogP contribution in [0.5, 0.6) is 0 Å². The Morgan fingerprint density at radius 3 is 2.25 bits per heavy atom. The molecule has 0 saturated heterocycles. The van der Waals surface area contributed by atoms with Crippen molar-refractivity contribution >= 4 is 0 Å². The van der Waals surface area contributed by atoms with Crippen molar-refractivity contribution in [3.8, 4) is 0 Å². The summed E-state index contributed by atoms with van der Waals surface area (Å²) in [5.41, 5.74) is 5.32. The third kappa shape index (κ3) is 9.84. The zero-order valence-electron chi connectivity index (χ0n) is 8.03. The summed E-state index contributed by atoms with van der Waals surface area (Å²) in [7, 11) is 1.96. The second kappa shape index (κ2) is 10.8. The first-order valence-corrected chi connectivity index (χ1v) is 4.68. The molecule has 0 rings (SSSR count). The topological polar surface area (TPSA) is 62.1 Å². The number of likely N-dealkylation sites (N-methyl/N-ethyl adjacent to an activating group) is 1. The van der Waals surface area contributed by atoms with Gasteiger partial charge in [0.05, 0.1) is 0 Å². The Bertz CT molecular complexity index is 75.7. The molecule has 0 aromatic rings. The van der Waals surface area contributed by atoms with E-state index in [1.807, 2.05) is 7.05 Å². The summed E-state index contributed by atoms with van der Waals surface area (Å²) in [4.78, 5) is 0. The van der Waals surface area contributed by atoms with Gasteiger partial charge in [0, 0.05) is 29.0 Å². The molecular formula is C8H26N4. The van der Waals surface area contributed by atoms with Gasteiger partial charge >= 0.3 is 0 Å². The third-order valence-corrected chi connectivity index (χ3v) is 1.58. The summed E-state index contributed by atoms with van der Waals surface area (Å²) in [5, 5.41) is 9.66. The monoisotopic (exact) mass is 178 g/mol.